The van der Waals surface area contributed by atoms with Gasteiger partial charge in [0, 0.05) is 25.1 Å². The van der Waals surface area contributed by atoms with Crippen LogP contribution in [0.1, 0.15) is 43.7 Å². The highest BCUT2D eigenvalue weighted by Gasteiger charge is 2.31. The Morgan fingerprint density at radius 3 is 2.81 bits per heavy atom. The molecule has 0 bridgehead atoms. The summed E-state index contributed by atoms with van der Waals surface area (Å²) in [6, 6.07) is 10.8. The second-order valence-corrected chi connectivity index (χ2v) is 5.62. The minimum atomic E-state index is 0.133. The number of likely N-dealkylation sites (tertiary alicyclic amines) is 1. The van der Waals surface area contributed by atoms with Crippen molar-refractivity contribution in [2.24, 2.45) is 10.9 Å². The Labute approximate surface area is 126 Å². The fourth-order valence-corrected chi connectivity index (χ4v) is 3.25. The third-order valence-electron chi connectivity index (χ3n) is 4.23. The molecule has 4 N–H and O–H groups in total. The lowest BCUT2D eigenvalue weighted by Crippen LogP contribution is -2.36. The number of amidine groups is 1. The van der Waals surface area contributed by atoms with Crippen LogP contribution < -0.4 is 5.73 Å². The van der Waals surface area contributed by atoms with Gasteiger partial charge in [-0.3, -0.25) is 4.90 Å². The summed E-state index contributed by atoms with van der Waals surface area (Å²) in [6.07, 6.45) is 4.66. The first-order valence-corrected chi connectivity index (χ1v) is 7.64. The molecule has 1 aliphatic rings. The normalized spacial score (nSPS) is 21.6. The fraction of sp³-hybridized carbons (Fsp3) is 0.562. The van der Waals surface area contributed by atoms with Gasteiger partial charge in [0.25, 0.3) is 0 Å². The van der Waals surface area contributed by atoms with Crippen LogP contribution in [0.5, 0.6) is 0 Å². The van der Waals surface area contributed by atoms with Crippen molar-refractivity contribution in [3.8, 4) is 0 Å². The van der Waals surface area contributed by atoms with Gasteiger partial charge in [0.2, 0.25) is 0 Å². The zero-order valence-electron chi connectivity index (χ0n) is 12.4. The fourth-order valence-electron chi connectivity index (χ4n) is 3.25. The minimum absolute atomic E-state index is 0.133. The molecule has 1 saturated heterocycles. The average Bonchev–Trinajstić information content (AvgIpc) is 2.99. The van der Waals surface area contributed by atoms with E-state index in [1.807, 2.05) is 18.2 Å². The van der Waals surface area contributed by atoms with Gasteiger partial charge in [0.1, 0.15) is 5.84 Å². The van der Waals surface area contributed by atoms with E-state index in [2.05, 4.69) is 22.2 Å². The molecule has 0 aliphatic carbocycles. The molecule has 116 valence electrons. The Bertz CT molecular complexity index is 450. The van der Waals surface area contributed by atoms with Crippen LogP contribution in [0.4, 0.5) is 0 Å². The van der Waals surface area contributed by atoms with Crippen LogP contribution >= 0.6 is 0 Å². The van der Waals surface area contributed by atoms with Crippen LogP contribution in [0.3, 0.4) is 0 Å². The van der Waals surface area contributed by atoms with Crippen molar-refractivity contribution in [3.63, 3.8) is 0 Å². The van der Waals surface area contributed by atoms with E-state index in [9.17, 15) is 0 Å². The summed E-state index contributed by atoms with van der Waals surface area (Å²) >= 11 is 0. The molecule has 0 radical (unpaired) electrons. The van der Waals surface area contributed by atoms with Crippen molar-refractivity contribution in [1.29, 1.82) is 0 Å². The number of nitrogens with zero attached hydrogens (tertiary/aromatic N) is 2. The number of rotatable bonds is 7. The first kappa shape index (κ1) is 15.8. The van der Waals surface area contributed by atoms with E-state index in [-0.39, 0.29) is 18.5 Å². The van der Waals surface area contributed by atoms with Gasteiger partial charge >= 0.3 is 0 Å². The molecule has 1 aliphatic heterocycles. The Morgan fingerprint density at radius 2 is 2.14 bits per heavy atom. The molecule has 0 spiro atoms. The van der Waals surface area contributed by atoms with Crippen molar-refractivity contribution in [2.45, 2.75) is 44.2 Å². The molecule has 2 unspecified atom stereocenters. The summed E-state index contributed by atoms with van der Waals surface area (Å²) in [6.45, 7) is 1.26. The van der Waals surface area contributed by atoms with Crippen LogP contribution in [-0.4, -0.2) is 40.2 Å². The molecule has 1 aromatic carbocycles. The summed E-state index contributed by atoms with van der Waals surface area (Å²) in [5, 5.41) is 21.1. The summed E-state index contributed by atoms with van der Waals surface area (Å²) in [4.78, 5) is 2.45. The number of benzene rings is 1. The molecule has 0 saturated carbocycles. The van der Waals surface area contributed by atoms with Gasteiger partial charge in [0.05, 0.1) is 0 Å². The Balaban J connectivity index is 2.18. The first-order valence-electron chi connectivity index (χ1n) is 7.64. The Kier molecular flexibility index (Phi) is 6.02. The lowest BCUT2D eigenvalue weighted by molar-refractivity contribution is 0.164. The molecule has 21 heavy (non-hydrogen) atoms. The molecular formula is C16H25N3O2. The summed E-state index contributed by atoms with van der Waals surface area (Å²) in [5.41, 5.74) is 6.95. The van der Waals surface area contributed by atoms with Crippen molar-refractivity contribution >= 4 is 5.84 Å². The van der Waals surface area contributed by atoms with Gasteiger partial charge in [-0.25, -0.2) is 0 Å². The Hall–Kier alpha value is -1.59. The smallest absolute Gasteiger partial charge is 0.141 e. The van der Waals surface area contributed by atoms with Crippen LogP contribution in [0.25, 0.3) is 0 Å². The summed E-state index contributed by atoms with van der Waals surface area (Å²) in [7, 11) is 0. The van der Waals surface area contributed by atoms with Crippen LogP contribution in [0, 0.1) is 0 Å². The summed E-state index contributed by atoms with van der Waals surface area (Å²) < 4.78 is 0. The quantitative estimate of drug-likeness (QED) is 0.311. The third kappa shape index (κ3) is 4.19. The van der Waals surface area contributed by atoms with E-state index < -0.39 is 0 Å². The van der Waals surface area contributed by atoms with Gasteiger partial charge in [-0.05, 0) is 37.8 Å². The topological polar surface area (TPSA) is 82.1 Å². The van der Waals surface area contributed by atoms with E-state index in [4.69, 9.17) is 16.0 Å². The predicted molar refractivity (Wildman–Crippen MR) is 83.3 cm³/mol. The van der Waals surface area contributed by atoms with E-state index in [0.717, 1.165) is 32.2 Å². The number of aliphatic hydroxyl groups is 1. The van der Waals surface area contributed by atoms with E-state index in [1.54, 1.807) is 0 Å². The third-order valence-corrected chi connectivity index (χ3v) is 4.23. The largest absolute Gasteiger partial charge is 0.409 e. The highest BCUT2D eigenvalue weighted by atomic mass is 16.4. The van der Waals surface area contributed by atoms with Gasteiger partial charge in [-0.2, -0.15) is 0 Å². The van der Waals surface area contributed by atoms with E-state index in [1.165, 1.54) is 5.56 Å². The monoisotopic (exact) mass is 291 g/mol. The maximum Gasteiger partial charge on any atom is 0.141 e. The molecule has 5 heteroatoms. The maximum absolute atomic E-state index is 9.06. The molecule has 1 fully saturated rings. The van der Waals surface area contributed by atoms with E-state index in [0.29, 0.717) is 12.5 Å². The summed E-state index contributed by atoms with van der Waals surface area (Å²) in [5.74, 6) is 0.261. The lowest BCUT2D eigenvalue weighted by atomic mass is 9.99. The Morgan fingerprint density at radius 1 is 1.38 bits per heavy atom. The van der Waals surface area contributed by atoms with Gasteiger partial charge in [-0.1, -0.05) is 35.5 Å². The minimum Gasteiger partial charge on any atom is -0.409 e. The van der Waals surface area contributed by atoms with Crippen molar-refractivity contribution in [2.75, 3.05) is 13.2 Å². The van der Waals surface area contributed by atoms with Crippen LogP contribution in [0.2, 0.25) is 0 Å². The van der Waals surface area contributed by atoms with Crippen LogP contribution in [0.15, 0.2) is 35.5 Å². The maximum atomic E-state index is 9.06. The first-order chi connectivity index (χ1) is 10.3. The highest BCUT2D eigenvalue weighted by molar-refractivity contribution is 5.80. The number of nitrogens with two attached hydrogens (primary N) is 1. The highest BCUT2D eigenvalue weighted by Crippen LogP contribution is 2.33. The second kappa shape index (κ2) is 8.00. The number of aliphatic hydroxyl groups excluding tert-OH is 1. The standard InChI is InChI=1S/C16H25N3O2/c17-16(18-21)12-15(13-6-2-1-3-7-13)19-10-4-8-14(19)9-5-11-20/h1-3,6-7,14-15,20-21H,4-5,8-12H2,(H2,17,18). The number of hydrogen-bond donors (Lipinski definition) is 3. The molecule has 1 heterocycles. The molecule has 2 atom stereocenters. The molecule has 2 rings (SSSR count). The van der Waals surface area contributed by atoms with Crippen molar-refractivity contribution in [3.05, 3.63) is 35.9 Å². The van der Waals surface area contributed by atoms with Gasteiger partial charge in [0.15, 0.2) is 0 Å². The second-order valence-electron chi connectivity index (χ2n) is 5.62. The molecule has 0 aromatic heterocycles. The molecular weight excluding hydrogens is 266 g/mol. The van der Waals surface area contributed by atoms with Gasteiger partial charge in [-0.15, -0.1) is 0 Å². The SMILES string of the molecule is NC(CC(c1ccccc1)N1CCCC1CCCO)=NO. The number of oxime groups is 1. The van der Waals surface area contributed by atoms with Gasteiger partial charge < -0.3 is 16.0 Å². The number of hydrogen-bond acceptors (Lipinski definition) is 4. The van der Waals surface area contributed by atoms with Crippen molar-refractivity contribution < 1.29 is 10.3 Å². The molecule has 5 nitrogen and oxygen atoms in total. The molecule has 1 aromatic rings. The van der Waals surface area contributed by atoms with Crippen LogP contribution in [-0.2, 0) is 0 Å². The predicted octanol–water partition coefficient (Wildman–Crippen LogP) is 2.10. The molecule has 0 amide bonds. The van der Waals surface area contributed by atoms with Crippen molar-refractivity contribution in [1.82, 2.24) is 4.90 Å². The average molecular weight is 291 g/mol. The zero-order chi connectivity index (χ0) is 15.1. The zero-order valence-corrected chi connectivity index (χ0v) is 12.4. The van der Waals surface area contributed by atoms with E-state index >= 15 is 0 Å². The lowest BCUT2D eigenvalue weighted by Gasteiger charge is -2.33.